The Labute approximate surface area is 198 Å². The van der Waals surface area contributed by atoms with E-state index in [9.17, 15) is 9.13 Å². The number of nitrogens with zero attached hydrogens (tertiary/aromatic N) is 1. The smallest absolute Gasteiger partial charge is 0.404 e. The van der Waals surface area contributed by atoms with Crippen molar-refractivity contribution < 1.29 is 27.2 Å². The van der Waals surface area contributed by atoms with Crippen molar-refractivity contribution >= 4 is 15.5 Å². The second-order valence-electron chi connectivity index (χ2n) is 7.04. The van der Waals surface area contributed by atoms with Crippen molar-refractivity contribution in [3.63, 3.8) is 0 Å². The summed E-state index contributed by atoms with van der Waals surface area (Å²) in [4.78, 5) is 0. The third kappa shape index (κ3) is 5.89. The van der Waals surface area contributed by atoms with Gasteiger partial charge in [-0.25, -0.2) is 9.13 Å². The molecule has 7 nitrogen and oxygen atoms in total. The fourth-order valence-electron chi connectivity index (χ4n) is 2.87. The van der Waals surface area contributed by atoms with Crippen molar-refractivity contribution in [1.82, 2.24) is 4.44 Å². The van der Waals surface area contributed by atoms with Gasteiger partial charge in [-0.2, -0.15) is 0 Å². The van der Waals surface area contributed by atoms with E-state index in [1.807, 2.05) is 0 Å². The maximum Gasteiger partial charge on any atom is 0.526 e. The van der Waals surface area contributed by atoms with Crippen LogP contribution in [0.1, 0.15) is 0 Å². The van der Waals surface area contributed by atoms with Crippen LogP contribution in [0.2, 0.25) is 0 Å². The van der Waals surface area contributed by atoms with Crippen LogP contribution in [0, 0.1) is 0 Å². The highest BCUT2D eigenvalue weighted by Crippen LogP contribution is 2.66. The van der Waals surface area contributed by atoms with Gasteiger partial charge >= 0.3 is 15.5 Å². The van der Waals surface area contributed by atoms with Crippen molar-refractivity contribution in [1.29, 1.82) is 0 Å². The molecule has 34 heavy (non-hydrogen) atoms. The first-order valence-electron chi connectivity index (χ1n) is 10.4. The van der Waals surface area contributed by atoms with Crippen LogP contribution in [0.4, 0.5) is 0 Å². The first-order valence-corrected chi connectivity index (χ1v) is 13.4. The number of para-hydroxylation sites is 4. The van der Waals surface area contributed by atoms with Gasteiger partial charge in [-0.15, -0.1) is 0 Å². The Bertz CT molecular complexity index is 1080. The molecule has 0 amide bonds. The molecule has 0 atom stereocenters. The summed E-state index contributed by atoms with van der Waals surface area (Å²) in [5, 5.41) is 0. The molecule has 4 aromatic rings. The van der Waals surface area contributed by atoms with E-state index in [1.165, 1.54) is 7.05 Å². The summed E-state index contributed by atoms with van der Waals surface area (Å²) in [6, 6.07) is 33.9. The lowest BCUT2D eigenvalue weighted by atomic mass is 10.3. The number of hydrogen-bond donors (Lipinski definition) is 0. The van der Waals surface area contributed by atoms with Gasteiger partial charge in [0.2, 0.25) is 0 Å². The van der Waals surface area contributed by atoms with Crippen molar-refractivity contribution in [2.45, 2.75) is 0 Å². The topological polar surface area (TPSA) is 74.3 Å². The summed E-state index contributed by atoms with van der Waals surface area (Å²) in [6.45, 7) is 0. The molecule has 0 aromatic heterocycles. The number of hydrogen-bond acceptors (Lipinski definition) is 6. The van der Waals surface area contributed by atoms with Crippen molar-refractivity contribution in [3.8, 4) is 23.0 Å². The van der Waals surface area contributed by atoms with Crippen LogP contribution < -0.4 is 18.1 Å². The van der Waals surface area contributed by atoms with Gasteiger partial charge in [0.15, 0.2) is 0 Å². The molecule has 0 N–H and O–H groups in total. The summed E-state index contributed by atoms with van der Waals surface area (Å²) in [6.07, 6.45) is 0. The van der Waals surface area contributed by atoms with Crippen molar-refractivity contribution in [2.24, 2.45) is 0 Å². The second kappa shape index (κ2) is 10.6. The predicted molar refractivity (Wildman–Crippen MR) is 131 cm³/mol. The van der Waals surface area contributed by atoms with Crippen LogP contribution in [0.3, 0.4) is 0 Å². The van der Waals surface area contributed by atoms with Crippen molar-refractivity contribution in [2.75, 3.05) is 7.05 Å². The first kappa shape index (κ1) is 23.7. The van der Waals surface area contributed by atoms with Gasteiger partial charge in [-0.3, -0.25) is 0 Å². The standard InChI is InChI=1S/C25H23NO6P2/c1-26(33(27,29-22-14-6-2-7-15-22)30-23-16-8-3-9-17-23)34(28,31-24-18-10-4-11-19-24)32-25-20-12-5-13-21-25/h2-21H,1H3. The molecule has 4 rings (SSSR count). The second-order valence-corrected chi connectivity index (χ2v) is 11.2. The Kier molecular flexibility index (Phi) is 7.39. The zero-order chi connectivity index (χ0) is 23.9. The SMILES string of the molecule is CN(P(=O)(Oc1ccccc1)Oc1ccccc1)P(=O)(Oc1ccccc1)Oc1ccccc1. The Morgan fingerprint density at radius 2 is 0.647 bits per heavy atom. The summed E-state index contributed by atoms with van der Waals surface area (Å²) in [7, 11) is -7.34. The van der Waals surface area contributed by atoms with Gasteiger partial charge in [-0.1, -0.05) is 77.2 Å². The lowest BCUT2D eigenvalue weighted by Crippen LogP contribution is -2.24. The molecule has 0 aliphatic rings. The van der Waals surface area contributed by atoms with Crippen LogP contribution in [-0.4, -0.2) is 11.5 Å². The van der Waals surface area contributed by atoms with Crippen LogP contribution in [0.15, 0.2) is 121 Å². The van der Waals surface area contributed by atoms with E-state index >= 15 is 0 Å². The Morgan fingerprint density at radius 3 is 0.853 bits per heavy atom. The van der Waals surface area contributed by atoms with Crippen LogP contribution in [0.5, 0.6) is 23.0 Å². The van der Waals surface area contributed by atoms with Crippen LogP contribution >= 0.6 is 15.5 Å². The maximum absolute atomic E-state index is 14.2. The van der Waals surface area contributed by atoms with Gasteiger partial charge in [0.05, 0.1) is 0 Å². The normalized spacial score (nSPS) is 11.6. The van der Waals surface area contributed by atoms with E-state index in [1.54, 1.807) is 121 Å². The molecular formula is C25H23NO6P2. The average Bonchev–Trinajstić information content (AvgIpc) is 2.86. The molecule has 0 saturated carbocycles. The fraction of sp³-hybridized carbons (Fsp3) is 0.0400. The van der Waals surface area contributed by atoms with Gasteiger partial charge in [-0.05, 0) is 48.5 Å². The average molecular weight is 495 g/mol. The van der Waals surface area contributed by atoms with E-state index in [0.29, 0.717) is 0 Å². The molecule has 0 saturated heterocycles. The summed E-state index contributed by atoms with van der Waals surface area (Å²) >= 11 is 0. The summed E-state index contributed by atoms with van der Waals surface area (Å²) < 4.78 is 52.6. The molecule has 0 fully saturated rings. The number of rotatable bonds is 10. The molecular weight excluding hydrogens is 472 g/mol. The molecule has 0 aliphatic carbocycles. The monoisotopic (exact) mass is 495 g/mol. The minimum atomic E-state index is -4.33. The van der Waals surface area contributed by atoms with E-state index < -0.39 is 15.5 Å². The minimum Gasteiger partial charge on any atom is -0.404 e. The van der Waals surface area contributed by atoms with Crippen LogP contribution in [-0.2, 0) is 9.13 Å². The van der Waals surface area contributed by atoms with E-state index in [0.717, 1.165) is 4.44 Å². The predicted octanol–water partition coefficient (Wildman–Crippen LogP) is 7.45. The van der Waals surface area contributed by atoms with E-state index in [-0.39, 0.29) is 23.0 Å². The Morgan fingerprint density at radius 1 is 0.441 bits per heavy atom. The molecule has 0 spiro atoms. The summed E-state index contributed by atoms with van der Waals surface area (Å²) in [5.74, 6) is 1.05. The molecule has 4 aromatic carbocycles. The number of benzene rings is 4. The van der Waals surface area contributed by atoms with Crippen LogP contribution in [0.25, 0.3) is 0 Å². The molecule has 0 heterocycles. The molecule has 9 heteroatoms. The van der Waals surface area contributed by atoms with Gasteiger partial charge in [0, 0.05) is 7.05 Å². The summed E-state index contributed by atoms with van der Waals surface area (Å²) in [5.41, 5.74) is 0. The Balaban J connectivity index is 1.75. The third-order valence-electron chi connectivity index (χ3n) is 4.56. The highest BCUT2D eigenvalue weighted by atomic mass is 31.3. The largest absolute Gasteiger partial charge is 0.526 e. The highest BCUT2D eigenvalue weighted by molar-refractivity contribution is 7.67. The van der Waals surface area contributed by atoms with Gasteiger partial charge in [0.1, 0.15) is 23.0 Å². The zero-order valence-corrected chi connectivity index (χ0v) is 20.1. The van der Waals surface area contributed by atoms with E-state index in [4.69, 9.17) is 18.1 Å². The zero-order valence-electron chi connectivity index (χ0n) is 18.3. The molecule has 0 unspecified atom stereocenters. The highest BCUT2D eigenvalue weighted by Gasteiger charge is 2.51. The Hall–Kier alpha value is -3.50. The van der Waals surface area contributed by atoms with E-state index in [2.05, 4.69) is 0 Å². The molecule has 174 valence electrons. The van der Waals surface area contributed by atoms with Gasteiger partial charge < -0.3 is 18.1 Å². The third-order valence-corrected chi connectivity index (χ3v) is 9.06. The first-order chi connectivity index (χ1) is 16.5. The quantitative estimate of drug-likeness (QED) is 0.212. The molecule has 0 radical (unpaired) electrons. The lowest BCUT2D eigenvalue weighted by molar-refractivity contribution is 0.301. The minimum absolute atomic E-state index is 0.264. The lowest BCUT2D eigenvalue weighted by Gasteiger charge is -2.31. The fourth-order valence-corrected chi connectivity index (χ4v) is 6.48. The molecule has 0 bridgehead atoms. The van der Waals surface area contributed by atoms with Gasteiger partial charge in [0.25, 0.3) is 0 Å². The maximum atomic E-state index is 14.2. The molecule has 0 aliphatic heterocycles. The van der Waals surface area contributed by atoms with Crippen molar-refractivity contribution in [3.05, 3.63) is 121 Å².